The standard InChI is InChI=1S/C22H28O10/c1-25-21(26-2)14(23)5-6-20(19-31-9-10-32-19)13-11-12(18-29-7-8-30-18)15(16(20)21)22(27-3,28-4)17(13)24/h5-6,11,13,15-16,18-19H,7-10H2,1-4H3/t13-,15-,16+,20+/m1/s1. The second-order valence-corrected chi connectivity index (χ2v) is 8.46. The van der Waals surface area contributed by atoms with Crippen LogP contribution in [-0.4, -0.2) is 90.6 Å². The lowest BCUT2D eigenvalue weighted by Gasteiger charge is -2.64. The predicted molar refractivity (Wildman–Crippen MR) is 105 cm³/mol. The summed E-state index contributed by atoms with van der Waals surface area (Å²) in [5.41, 5.74) is -0.447. The Hall–Kier alpha value is -1.50. The number of carbonyl (C=O) groups is 2. The summed E-state index contributed by atoms with van der Waals surface area (Å²) in [6.07, 6.45) is 3.42. The molecule has 0 unspecified atom stereocenters. The van der Waals surface area contributed by atoms with Crippen LogP contribution < -0.4 is 0 Å². The Morgan fingerprint density at radius 1 is 0.844 bits per heavy atom. The Morgan fingerprint density at radius 3 is 1.97 bits per heavy atom. The highest BCUT2D eigenvalue weighted by Crippen LogP contribution is 2.67. The molecular weight excluding hydrogens is 424 g/mol. The van der Waals surface area contributed by atoms with E-state index in [4.69, 9.17) is 37.9 Å². The van der Waals surface area contributed by atoms with E-state index in [0.29, 0.717) is 32.0 Å². The van der Waals surface area contributed by atoms with E-state index in [1.54, 1.807) is 6.08 Å². The Kier molecular flexibility index (Phi) is 5.42. The fourth-order valence-corrected chi connectivity index (χ4v) is 6.34. The third kappa shape index (κ3) is 2.52. The second kappa shape index (κ2) is 7.78. The zero-order chi connectivity index (χ0) is 22.7. The van der Waals surface area contributed by atoms with E-state index in [1.165, 1.54) is 34.5 Å². The van der Waals surface area contributed by atoms with E-state index in [2.05, 4.69) is 0 Å². The largest absolute Gasteiger partial charge is 0.349 e. The molecule has 2 saturated heterocycles. The van der Waals surface area contributed by atoms with E-state index in [0.717, 1.165) is 0 Å². The Morgan fingerprint density at radius 2 is 1.41 bits per heavy atom. The molecular formula is C22H28O10. The van der Waals surface area contributed by atoms with Gasteiger partial charge in [0.15, 0.2) is 18.4 Å². The molecule has 0 spiro atoms. The van der Waals surface area contributed by atoms with Crippen molar-refractivity contribution in [1.82, 2.24) is 0 Å². The number of carbonyl (C=O) groups excluding carboxylic acids is 2. The zero-order valence-corrected chi connectivity index (χ0v) is 18.5. The van der Waals surface area contributed by atoms with Crippen molar-refractivity contribution in [3.05, 3.63) is 23.8 Å². The van der Waals surface area contributed by atoms with Crippen LogP contribution in [0.15, 0.2) is 23.8 Å². The van der Waals surface area contributed by atoms with Crippen LogP contribution in [0.5, 0.6) is 0 Å². The van der Waals surface area contributed by atoms with Crippen LogP contribution in [-0.2, 0) is 47.5 Å². The maximum Gasteiger partial charge on any atom is 0.237 e. The van der Waals surface area contributed by atoms with E-state index in [-0.39, 0.29) is 5.78 Å². The number of hydrogen-bond acceptors (Lipinski definition) is 10. The summed E-state index contributed by atoms with van der Waals surface area (Å²) in [6.45, 7) is 1.54. The highest BCUT2D eigenvalue weighted by atomic mass is 16.7. The van der Waals surface area contributed by atoms with Crippen molar-refractivity contribution in [2.24, 2.45) is 23.2 Å². The Labute approximate surface area is 185 Å². The number of methoxy groups -OCH3 is 4. The van der Waals surface area contributed by atoms with Crippen molar-refractivity contribution in [3.8, 4) is 0 Å². The van der Waals surface area contributed by atoms with E-state index >= 15 is 0 Å². The number of ether oxygens (including phenoxy) is 8. The molecule has 0 amide bonds. The average molecular weight is 452 g/mol. The van der Waals surface area contributed by atoms with Crippen LogP contribution in [0.25, 0.3) is 0 Å². The van der Waals surface area contributed by atoms with Gasteiger partial charge >= 0.3 is 0 Å². The van der Waals surface area contributed by atoms with Gasteiger partial charge in [0, 0.05) is 34.4 Å². The first-order valence-corrected chi connectivity index (χ1v) is 10.6. The van der Waals surface area contributed by atoms with Gasteiger partial charge in [0.05, 0.1) is 43.7 Å². The van der Waals surface area contributed by atoms with Crippen molar-refractivity contribution >= 4 is 11.6 Å². The molecule has 0 N–H and O–H groups in total. The number of ketones is 2. The van der Waals surface area contributed by atoms with E-state index < -0.39 is 53.1 Å². The molecule has 10 heteroatoms. The first-order valence-electron chi connectivity index (χ1n) is 10.6. The van der Waals surface area contributed by atoms with Crippen molar-refractivity contribution < 1.29 is 47.5 Å². The van der Waals surface area contributed by atoms with Gasteiger partial charge in [-0.15, -0.1) is 0 Å². The van der Waals surface area contributed by atoms with Crippen molar-refractivity contribution in [3.63, 3.8) is 0 Å². The van der Waals surface area contributed by atoms with Gasteiger partial charge in [0.25, 0.3) is 0 Å². The van der Waals surface area contributed by atoms with E-state index in [9.17, 15) is 9.59 Å². The zero-order valence-electron chi connectivity index (χ0n) is 18.5. The smallest absolute Gasteiger partial charge is 0.237 e. The van der Waals surface area contributed by atoms with Gasteiger partial charge in [-0.05, 0) is 11.6 Å². The molecule has 4 atom stereocenters. The van der Waals surface area contributed by atoms with Crippen LogP contribution in [0.1, 0.15) is 0 Å². The highest BCUT2D eigenvalue weighted by molar-refractivity contribution is 6.01. The molecule has 3 fully saturated rings. The number of fused-ring (bicyclic) bond motifs is 1. The quantitative estimate of drug-likeness (QED) is 0.410. The second-order valence-electron chi connectivity index (χ2n) is 8.46. The van der Waals surface area contributed by atoms with Gasteiger partial charge in [0.1, 0.15) is 0 Å². The molecule has 4 aliphatic carbocycles. The summed E-state index contributed by atoms with van der Waals surface area (Å²) in [5.74, 6) is -6.63. The lowest BCUT2D eigenvalue weighted by Crippen LogP contribution is -2.77. The monoisotopic (exact) mass is 452 g/mol. The van der Waals surface area contributed by atoms with Crippen LogP contribution in [0.4, 0.5) is 0 Å². The SMILES string of the molecule is COC1(OC)C(=O)[C@H]2C=C(C3OCCO3)[C@@H]1[C@@H]1C(OC)(OC)C(=O)C=C[C@]21C1OCCO1. The summed E-state index contributed by atoms with van der Waals surface area (Å²) in [7, 11) is 5.61. The molecule has 2 bridgehead atoms. The Balaban J connectivity index is 1.81. The summed E-state index contributed by atoms with van der Waals surface area (Å²) >= 11 is 0. The van der Waals surface area contributed by atoms with Crippen molar-refractivity contribution in [2.75, 3.05) is 54.9 Å². The van der Waals surface area contributed by atoms with Gasteiger partial charge in [-0.1, -0.05) is 12.2 Å². The van der Waals surface area contributed by atoms with Crippen LogP contribution in [0.2, 0.25) is 0 Å². The minimum atomic E-state index is -1.74. The minimum absolute atomic E-state index is 0.301. The lowest BCUT2D eigenvalue weighted by molar-refractivity contribution is -0.333. The van der Waals surface area contributed by atoms with Gasteiger partial charge < -0.3 is 37.9 Å². The molecule has 0 aromatic heterocycles. The summed E-state index contributed by atoms with van der Waals surface area (Å²) < 4.78 is 46.7. The van der Waals surface area contributed by atoms with Crippen LogP contribution in [0, 0.1) is 23.2 Å². The van der Waals surface area contributed by atoms with Crippen molar-refractivity contribution in [1.29, 1.82) is 0 Å². The fraction of sp³-hybridized carbons (Fsp3) is 0.727. The van der Waals surface area contributed by atoms with Crippen molar-refractivity contribution in [2.45, 2.75) is 24.2 Å². The maximum absolute atomic E-state index is 13.9. The average Bonchev–Trinajstić information content (AvgIpc) is 3.55. The molecule has 2 heterocycles. The summed E-state index contributed by atoms with van der Waals surface area (Å²) in [5, 5.41) is 0. The number of hydrogen-bond donors (Lipinski definition) is 0. The van der Waals surface area contributed by atoms with Gasteiger partial charge in [-0.3, -0.25) is 9.59 Å². The van der Waals surface area contributed by atoms with Crippen LogP contribution >= 0.6 is 0 Å². The molecule has 1 saturated carbocycles. The molecule has 2 aliphatic heterocycles. The molecule has 176 valence electrons. The van der Waals surface area contributed by atoms with Gasteiger partial charge in [-0.2, -0.15) is 0 Å². The molecule has 6 aliphatic rings. The van der Waals surface area contributed by atoms with E-state index in [1.807, 2.05) is 6.08 Å². The molecule has 10 nitrogen and oxygen atoms in total. The maximum atomic E-state index is 13.9. The molecule has 0 radical (unpaired) electrons. The highest BCUT2D eigenvalue weighted by Gasteiger charge is 2.78. The third-order valence-corrected chi connectivity index (χ3v) is 7.58. The predicted octanol–water partition coefficient (Wildman–Crippen LogP) is 0.207. The molecule has 32 heavy (non-hydrogen) atoms. The molecule has 0 aromatic rings. The molecule has 6 rings (SSSR count). The summed E-state index contributed by atoms with van der Waals surface area (Å²) in [4.78, 5) is 27.2. The first-order chi connectivity index (χ1) is 15.5. The number of Topliss-reactive ketones (excluding diaryl/α,β-unsaturated/α-hetero) is 1. The fourth-order valence-electron chi connectivity index (χ4n) is 6.34. The van der Waals surface area contributed by atoms with Gasteiger partial charge in [-0.25, -0.2) is 0 Å². The minimum Gasteiger partial charge on any atom is -0.349 e. The van der Waals surface area contributed by atoms with Crippen LogP contribution in [0.3, 0.4) is 0 Å². The molecule has 0 aromatic carbocycles. The van der Waals surface area contributed by atoms with Gasteiger partial charge in [0.2, 0.25) is 17.4 Å². The third-order valence-electron chi connectivity index (χ3n) is 7.58. The first kappa shape index (κ1) is 22.3. The number of allylic oxidation sites excluding steroid dienone is 1. The normalized spacial score (nSPS) is 38.4. The lowest BCUT2D eigenvalue weighted by atomic mass is 9.44. The number of rotatable bonds is 6. The topological polar surface area (TPSA) is 108 Å². The summed E-state index contributed by atoms with van der Waals surface area (Å²) in [6, 6.07) is 0. The Bertz CT molecular complexity index is 845.